The van der Waals surface area contributed by atoms with Crippen molar-refractivity contribution in [2.75, 3.05) is 38.7 Å². The smallest absolute Gasteiger partial charge is 0.253 e. The number of hydrogen-bond donors (Lipinski definition) is 2. The van der Waals surface area contributed by atoms with Gasteiger partial charge in [0.25, 0.3) is 5.91 Å². The SMILES string of the molecule is CCCC(=O)Nc1ccc(C(=O)N2CCCC(C(=O)NCCCOC)C2)cc1. The van der Waals surface area contributed by atoms with Gasteiger partial charge in [-0.25, -0.2) is 0 Å². The monoisotopic (exact) mass is 389 g/mol. The average molecular weight is 389 g/mol. The predicted molar refractivity (Wildman–Crippen MR) is 108 cm³/mol. The zero-order valence-electron chi connectivity index (χ0n) is 16.8. The van der Waals surface area contributed by atoms with Crippen LogP contribution in [0.4, 0.5) is 5.69 Å². The van der Waals surface area contributed by atoms with Crippen molar-refractivity contribution >= 4 is 23.4 Å². The molecule has 0 aliphatic carbocycles. The first-order valence-electron chi connectivity index (χ1n) is 10.0. The molecule has 7 heteroatoms. The Kier molecular flexibility index (Phi) is 8.94. The Morgan fingerprint density at radius 3 is 2.64 bits per heavy atom. The molecule has 1 aliphatic heterocycles. The fourth-order valence-corrected chi connectivity index (χ4v) is 3.28. The summed E-state index contributed by atoms with van der Waals surface area (Å²) in [6.07, 6.45) is 3.65. The number of rotatable bonds is 9. The van der Waals surface area contributed by atoms with Gasteiger partial charge in [0.2, 0.25) is 11.8 Å². The Bertz CT molecular complexity index is 660. The summed E-state index contributed by atoms with van der Waals surface area (Å²) in [4.78, 5) is 38.5. The van der Waals surface area contributed by atoms with Crippen LogP contribution in [0.25, 0.3) is 0 Å². The molecule has 2 rings (SSSR count). The molecule has 7 nitrogen and oxygen atoms in total. The first-order valence-corrected chi connectivity index (χ1v) is 10.0. The number of ether oxygens (including phenoxy) is 1. The van der Waals surface area contributed by atoms with Gasteiger partial charge in [-0.15, -0.1) is 0 Å². The fraction of sp³-hybridized carbons (Fsp3) is 0.571. The number of anilines is 1. The number of piperidine rings is 1. The molecule has 1 atom stereocenters. The van der Waals surface area contributed by atoms with Crippen LogP contribution in [-0.2, 0) is 14.3 Å². The van der Waals surface area contributed by atoms with Gasteiger partial charge < -0.3 is 20.3 Å². The summed E-state index contributed by atoms with van der Waals surface area (Å²) in [5.74, 6) is -0.282. The van der Waals surface area contributed by atoms with Crippen molar-refractivity contribution in [1.82, 2.24) is 10.2 Å². The van der Waals surface area contributed by atoms with Crippen molar-refractivity contribution in [3.05, 3.63) is 29.8 Å². The molecule has 1 saturated heterocycles. The van der Waals surface area contributed by atoms with E-state index in [1.807, 2.05) is 6.92 Å². The van der Waals surface area contributed by atoms with Crippen molar-refractivity contribution in [1.29, 1.82) is 0 Å². The highest BCUT2D eigenvalue weighted by Gasteiger charge is 2.28. The summed E-state index contributed by atoms with van der Waals surface area (Å²) < 4.78 is 4.98. The van der Waals surface area contributed by atoms with E-state index in [0.29, 0.717) is 43.9 Å². The van der Waals surface area contributed by atoms with Crippen molar-refractivity contribution in [2.45, 2.75) is 39.0 Å². The molecule has 0 saturated carbocycles. The minimum atomic E-state index is -0.173. The van der Waals surface area contributed by atoms with Gasteiger partial charge in [0.1, 0.15) is 0 Å². The number of methoxy groups -OCH3 is 1. The van der Waals surface area contributed by atoms with E-state index in [1.54, 1.807) is 36.3 Å². The Hall–Kier alpha value is -2.41. The minimum Gasteiger partial charge on any atom is -0.385 e. The van der Waals surface area contributed by atoms with Crippen LogP contribution in [0.1, 0.15) is 49.4 Å². The number of carbonyl (C=O) groups is 3. The molecule has 0 aromatic heterocycles. The highest BCUT2D eigenvalue weighted by molar-refractivity contribution is 5.96. The maximum atomic E-state index is 12.8. The van der Waals surface area contributed by atoms with Gasteiger partial charge in [-0.2, -0.15) is 0 Å². The maximum Gasteiger partial charge on any atom is 0.253 e. The van der Waals surface area contributed by atoms with E-state index in [4.69, 9.17) is 4.74 Å². The van der Waals surface area contributed by atoms with Crippen molar-refractivity contribution in [2.24, 2.45) is 5.92 Å². The second-order valence-corrected chi connectivity index (χ2v) is 7.10. The molecule has 28 heavy (non-hydrogen) atoms. The normalized spacial score (nSPS) is 16.5. The lowest BCUT2D eigenvalue weighted by Gasteiger charge is -2.32. The topological polar surface area (TPSA) is 87.7 Å². The van der Waals surface area contributed by atoms with Crippen LogP contribution in [0.3, 0.4) is 0 Å². The second kappa shape index (κ2) is 11.4. The summed E-state index contributed by atoms with van der Waals surface area (Å²) in [5.41, 5.74) is 1.25. The molecule has 0 bridgehead atoms. The molecular formula is C21H31N3O4. The van der Waals surface area contributed by atoms with Crippen molar-refractivity contribution in [3.8, 4) is 0 Å². The van der Waals surface area contributed by atoms with Gasteiger partial charge in [0.15, 0.2) is 0 Å². The molecule has 1 aromatic carbocycles. The van der Waals surface area contributed by atoms with Gasteiger partial charge in [0.05, 0.1) is 5.92 Å². The Morgan fingerprint density at radius 2 is 1.96 bits per heavy atom. The van der Waals surface area contributed by atoms with E-state index in [9.17, 15) is 14.4 Å². The third-order valence-corrected chi connectivity index (χ3v) is 4.80. The minimum absolute atomic E-state index is 0.00240. The van der Waals surface area contributed by atoms with Gasteiger partial charge in [-0.3, -0.25) is 14.4 Å². The first kappa shape index (κ1) is 21.9. The summed E-state index contributed by atoms with van der Waals surface area (Å²) >= 11 is 0. The van der Waals surface area contributed by atoms with Crippen molar-refractivity contribution in [3.63, 3.8) is 0 Å². The molecule has 1 aromatic rings. The fourth-order valence-electron chi connectivity index (χ4n) is 3.28. The number of hydrogen-bond acceptors (Lipinski definition) is 4. The zero-order valence-corrected chi connectivity index (χ0v) is 16.8. The third-order valence-electron chi connectivity index (χ3n) is 4.80. The van der Waals surface area contributed by atoms with Crippen LogP contribution in [0.15, 0.2) is 24.3 Å². The molecule has 2 N–H and O–H groups in total. The van der Waals surface area contributed by atoms with Crippen LogP contribution < -0.4 is 10.6 Å². The van der Waals surface area contributed by atoms with Crippen molar-refractivity contribution < 1.29 is 19.1 Å². The molecule has 0 radical (unpaired) electrons. The summed E-state index contributed by atoms with van der Waals surface area (Å²) in [7, 11) is 1.64. The number of amides is 3. The first-order chi connectivity index (χ1) is 13.5. The lowest BCUT2D eigenvalue weighted by molar-refractivity contribution is -0.126. The predicted octanol–water partition coefficient (Wildman–Crippen LogP) is 2.43. The number of benzene rings is 1. The van der Waals surface area contributed by atoms with Crippen LogP contribution in [0, 0.1) is 5.92 Å². The molecule has 0 spiro atoms. The number of nitrogens with one attached hydrogen (secondary N) is 2. The lowest BCUT2D eigenvalue weighted by Crippen LogP contribution is -2.45. The Labute approximate surface area is 166 Å². The van der Waals surface area contributed by atoms with E-state index in [0.717, 1.165) is 25.7 Å². The van der Waals surface area contributed by atoms with Crippen LogP contribution >= 0.6 is 0 Å². The molecule has 1 aliphatic rings. The van der Waals surface area contributed by atoms with Gasteiger partial charge >= 0.3 is 0 Å². The molecule has 1 heterocycles. The number of likely N-dealkylation sites (tertiary alicyclic amines) is 1. The van der Waals surface area contributed by atoms with Crippen LogP contribution in [0.5, 0.6) is 0 Å². The van der Waals surface area contributed by atoms with Crippen LogP contribution in [-0.4, -0.2) is 56.0 Å². The van der Waals surface area contributed by atoms with E-state index in [1.165, 1.54) is 0 Å². The van der Waals surface area contributed by atoms with Gasteiger partial charge in [-0.05, 0) is 49.9 Å². The summed E-state index contributed by atoms with van der Waals surface area (Å²) in [6, 6.07) is 6.92. The standard InChI is InChI=1S/C21H31N3O4/c1-3-6-19(25)23-18-10-8-16(9-11-18)21(27)24-13-4-7-17(15-24)20(26)22-12-5-14-28-2/h8-11,17H,3-7,12-15H2,1-2H3,(H,22,26)(H,23,25). The van der Waals surface area contributed by atoms with E-state index in [-0.39, 0.29) is 23.6 Å². The second-order valence-electron chi connectivity index (χ2n) is 7.10. The molecule has 3 amide bonds. The maximum absolute atomic E-state index is 12.8. The highest BCUT2D eigenvalue weighted by atomic mass is 16.5. The summed E-state index contributed by atoms with van der Waals surface area (Å²) in [5, 5.41) is 5.74. The lowest BCUT2D eigenvalue weighted by atomic mass is 9.96. The number of nitrogens with zero attached hydrogens (tertiary/aromatic N) is 1. The Morgan fingerprint density at radius 1 is 1.21 bits per heavy atom. The Balaban J connectivity index is 1.88. The van der Waals surface area contributed by atoms with Gasteiger partial charge in [-0.1, -0.05) is 6.92 Å². The molecule has 154 valence electrons. The van der Waals surface area contributed by atoms with E-state index in [2.05, 4.69) is 10.6 Å². The van der Waals surface area contributed by atoms with E-state index < -0.39 is 0 Å². The average Bonchev–Trinajstić information content (AvgIpc) is 2.71. The third kappa shape index (κ3) is 6.64. The zero-order chi connectivity index (χ0) is 20.4. The number of carbonyl (C=O) groups excluding carboxylic acids is 3. The molecular weight excluding hydrogens is 358 g/mol. The van der Waals surface area contributed by atoms with Crippen LogP contribution in [0.2, 0.25) is 0 Å². The van der Waals surface area contributed by atoms with Gasteiger partial charge in [0, 0.05) is 51.0 Å². The highest BCUT2D eigenvalue weighted by Crippen LogP contribution is 2.20. The largest absolute Gasteiger partial charge is 0.385 e. The summed E-state index contributed by atoms with van der Waals surface area (Å²) in [6.45, 7) is 4.24. The molecule has 1 fully saturated rings. The van der Waals surface area contributed by atoms with E-state index >= 15 is 0 Å². The molecule has 1 unspecified atom stereocenters. The quantitative estimate of drug-likeness (QED) is 0.635.